The van der Waals surface area contributed by atoms with Crippen LogP contribution < -0.4 is 0 Å². The second kappa shape index (κ2) is 3.69. The molecule has 2 heteroatoms. The van der Waals surface area contributed by atoms with E-state index in [1.165, 1.54) is 32.1 Å². The largest absolute Gasteiger partial charge is 0.500 e. The summed E-state index contributed by atoms with van der Waals surface area (Å²) in [6.45, 7) is 4.22. The molecule has 0 heterocycles. The normalized spacial score (nSPS) is 49.4. The molecule has 4 aliphatic rings. The van der Waals surface area contributed by atoms with E-state index in [1.807, 2.05) is 11.8 Å². The summed E-state index contributed by atoms with van der Waals surface area (Å²) in [6.07, 6.45) is 9.47. The van der Waals surface area contributed by atoms with Crippen molar-refractivity contribution in [2.45, 2.75) is 36.9 Å². The van der Waals surface area contributed by atoms with Gasteiger partial charge >= 0.3 is 0 Å². The van der Waals surface area contributed by atoms with Crippen LogP contribution in [0, 0.1) is 23.7 Å². The first-order chi connectivity index (χ1) is 7.70. The minimum Gasteiger partial charge on any atom is -0.500 e. The van der Waals surface area contributed by atoms with Crippen molar-refractivity contribution in [1.29, 1.82) is 0 Å². The van der Waals surface area contributed by atoms with Gasteiger partial charge in [-0.3, -0.25) is 0 Å². The van der Waals surface area contributed by atoms with Crippen molar-refractivity contribution in [3.63, 3.8) is 0 Å². The van der Waals surface area contributed by atoms with Crippen molar-refractivity contribution in [2.24, 2.45) is 23.7 Å². The minimum absolute atomic E-state index is 0.252. The van der Waals surface area contributed by atoms with Gasteiger partial charge < -0.3 is 4.74 Å². The molecule has 0 aromatic rings. The summed E-state index contributed by atoms with van der Waals surface area (Å²) in [5.74, 6) is 4.77. The van der Waals surface area contributed by atoms with Crippen LogP contribution in [-0.2, 0) is 4.74 Å². The standard InChI is InChI=1S/C14H22OS/c1-9(15-2)14(16-3)12-5-10-4-11(7-12)8-13(14)6-10/h10-13H,1,4-8H2,2-3H3. The third-order valence-electron chi connectivity index (χ3n) is 5.37. The predicted molar refractivity (Wildman–Crippen MR) is 69.4 cm³/mol. The molecular weight excluding hydrogens is 216 g/mol. The Bertz CT molecular complexity index is 282. The lowest BCUT2D eigenvalue weighted by Gasteiger charge is -2.60. The first kappa shape index (κ1) is 11.0. The summed E-state index contributed by atoms with van der Waals surface area (Å²) in [5.41, 5.74) is 0. The Morgan fingerprint density at radius 2 is 1.62 bits per heavy atom. The van der Waals surface area contributed by atoms with E-state index in [1.54, 1.807) is 7.11 Å². The lowest BCUT2D eigenvalue weighted by Crippen LogP contribution is -2.56. The van der Waals surface area contributed by atoms with E-state index in [0.717, 1.165) is 29.4 Å². The van der Waals surface area contributed by atoms with Crippen LogP contribution in [0.5, 0.6) is 0 Å². The zero-order valence-corrected chi connectivity index (χ0v) is 11.2. The van der Waals surface area contributed by atoms with Crippen LogP contribution in [0.15, 0.2) is 12.3 Å². The Balaban J connectivity index is 1.97. The van der Waals surface area contributed by atoms with E-state index in [-0.39, 0.29) is 4.75 Å². The predicted octanol–water partition coefficient (Wildman–Crippen LogP) is 3.70. The highest BCUT2D eigenvalue weighted by atomic mass is 32.2. The smallest absolute Gasteiger partial charge is 0.105 e. The SMILES string of the molecule is C=C(OC)C1(SC)C2CC3CC(C2)CC1C3. The van der Waals surface area contributed by atoms with Gasteiger partial charge in [-0.2, -0.15) is 0 Å². The van der Waals surface area contributed by atoms with Crippen LogP contribution in [0.3, 0.4) is 0 Å². The molecule has 16 heavy (non-hydrogen) atoms. The van der Waals surface area contributed by atoms with E-state index in [2.05, 4.69) is 12.8 Å². The van der Waals surface area contributed by atoms with Crippen molar-refractivity contribution in [3.8, 4) is 0 Å². The molecule has 4 rings (SSSR count). The fraction of sp³-hybridized carbons (Fsp3) is 0.857. The molecule has 0 N–H and O–H groups in total. The summed E-state index contributed by atoms with van der Waals surface area (Å²) in [4.78, 5) is 0. The topological polar surface area (TPSA) is 9.23 Å². The lowest BCUT2D eigenvalue weighted by atomic mass is 9.51. The maximum Gasteiger partial charge on any atom is 0.105 e. The van der Waals surface area contributed by atoms with Crippen molar-refractivity contribution in [1.82, 2.24) is 0 Å². The van der Waals surface area contributed by atoms with Crippen LogP contribution >= 0.6 is 11.8 Å². The number of hydrogen-bond donors (Lipinski definition) is 0. The van der Waals surface area contributed by atoms with Gasteiger partial charge in [0, 0.05) is 0 Å². The Morgan fingerprint density at radius 3 is 2.00 bits per heavy atom. The molecule has 1 nitrogen and oxygen atoms in total. The molecule has 4 fully saturated rings. The number of ether oxygens (including phenoxy) is 1. The first-order valence-corrected chi connectivity index (χ1v) is 7.71. The number of methoxy groups -OCH3 is 1. The molecule has 0 amide bonds. The monoisotopic (exact) mass is 238 g/mol. The molecule has 0 saturated heterocycles. The molecule has 90 valence electrons. The quantitative estimate of drug-likeness (QED) is 0.693. The summed E-state index contributed by atoms with van der Waals surface area (Å²) in [6, 6.07) is 0. The van der Waals surface area contributed by atoms with Crippen molar-refractivity contribution >= 4 is 11.8 Å². The third-order valence-corrected chi connectivity index (χ3v) is 6.94. The highest BCUT2D eigenvalue weighted by Crippen LogP contribution is 2.64. The van der Waals surface area contributed by atoms with Gasteiger partial charge in [0.1, 0.15) is 5.76 Å². The molecule has 0 aliphatic heterocycles. The van der Waals surface area contributed by atoms with Gasteiger partial charge in [0.05, 0.1) is 11.9 Å². The average molecular weight is 238 g/mol. The van der Waals surface area contributed by atoms with Crippen molar-refractivity contribution in [2.75, 3.05) is 13.4 Å². The first-order valence-electron chi connectivity index (χ1n) is 6.49. The Hall–Kier alpha value is -0.110. The fourth-order valence-electron chi connectivity index (χ4n) is 4.95. The third kappa shape index (κ3) is 1.25. The van der Waals surface area contributed by atoms with Crippen LogP contribution in [0.25, 0.3) is 0 Å². The summed E-state index contributed by atoms with van der Waals surface area (Å²) < 4.78 is 5.81. The van der Waals surface area contributed by atoms with Gasteiger partial charge in [-0.15, -0.1) is 11.8 Å². The minimum atomic E-state index is 0.252. The average Bonchev–Trinajstić information content (AvgIpc) is 2.28. The Kier molecular flexibility index (Phi) is 2.54. The number of rotatable bonds is 3. The van der Waals surface area contributed by atoms with E-state index in [9.17, 15) is 0 Å². The molecular formula is C14H22OS. The van der Waals surface area contributed by atoms with Crippen LogP contribution in [0.1, 0.15) is 32.1 Å². The van der Waals surface area contributed by atoms with E-state index in [4.69, 9.17) is 4.74 Å². The number of thioether (sulfide) groups is 1. The molecule has 0 aromatic carbocycles. The van der Waals surface area contributed by atoms with Gasteiger partial charge in [0.2, 0.25) is 0 Å². The fourth-order valence-corrected chi connectivity index (χ4v) is 6.31. The Labute approximate surface area is 103 Å². The second-order valence-corrected chi connectivity index (χ2v) is 7.01. The molecule has 0 atom stereocenters. The molecule has 4 bridgehead atoms. The molecule has 0 spiro atoms. The van der Waals surface area contributed by atoms with Crippen LogP contribution in [0.2, 0.25) is 0 Å². The van der Waals surface area contributed by atoms with Gasteiger partial charge in [-0.1, -0.05) is 6.58 Å². The van der Waals surface area contributed by atoms with Crippen LogP contribution in [0.4, 0.5) is 0 Å². The molecule has 4 aliphatic carbocycles. The Morgan fingerprint density at radius 1 is 1.12 bits per heavy atom. The lowest BCUT2D eigenvalue weighted by molar-refractivity contribution is -0.0197. The van der Waals surface area contributed by atoms with Gasteiger partial charge in [0.15, 0.2) is 0 Å². The maximum atomic E-state index is 5.56. The highest BCUT2D eigenvalue weighted by Gasteiger charge is 2.58. The van der Waals surface area contributed by atoms with Crippen LogP contribution in [-0.4, -0.2) is 18.1 Å². The highest BCUT2D eigenvalue weighted by molar-refractivity contribution is 8.00. The number of hydrogen-bond acceptors (Lipinski definition) is 2. The van der Waals surface area contributed by atoms with E-state index in [0.29, 0.717) is 0 Å². The maximum absolute atomic E-state index is 5.56. The molecule has 4 saturated carbocycles. The molecule has 0 radical (unpaired) electrons. The molecule has 0 aromatic heterocycles. The summed E-state index contributed by atoms with van der Waals surface area (Å²) in [7, 11) is 1.80. The van der Waals surface area contributed by atoms with Gasteiger partial charge in [-0.25, -0.2) is 0 Å². The van der Waals surface area contributed by atoms with Crippen molar-refractivity contribution < 1.29 is 4.74 Å². The summed E-state index contributed by atoms with van der Waals surface area (Å²) >= 11 is 2.02. The zero-order valence-electron chi connectivity index (χ0n) is 10.4. The van der Waals surface area contributed by atoms with Gasteiger partial charge in [0.25, 0.3) is 0 Å². The molecule has 0 unspecified atom stereocenters. The van der Waals surface area contributed by atoms with Gasteiger partial charge in [-0.05, 0) is 62.0 Å². The second-order valence-electron chi connectivity index (χ2n) is 5.93. The zero-order chi connectivity index (χ0) is 11.3. The van der Waals surface area contributed by atoms with E-state index < -0.39 is 0 Å². The van der Waals surface area contributed by atoms with E-state index >= 15 is 0 Å². The van der Waals surface area contributed by atoms with Crippen molar-refractivity contribution in [3.05, 3.63) is 12.3 Å². The summed E-state index contributed by atoms with van der Waals surface area (Å²) in [5, 5.41) is 0.